The number of rotatable bonds is 7. The van der Waals surface area contributed by atoms with Gasteiger partial charge in [0.15, 0.2) is 5.71 Å². The van der Waals surface area contributed by atoms with Gasteiger partial charge in [0.2, 0.25) is 5.78 Å². The maximum atomic E-state index is 13.2. The molecule has 0 saturated heterocycles. The molecule has 2 aromatic carbocycles. The molecule has 1 amide bonds. The molecule has 0 fully saturated rings. The number of nitrogens with two attached hydrogens (primary N) is 1. The molecule has 0 bridgehead atoms. The van der Waals surface area contributed by atoms with Crippen LogP contribution in [0.15, 0.2) is 46.3 Å². The van der Waals surface area contributed by atoms with Crippen LogP contribution in [0.5, 0.6) is 0 Å². The number of Topliss-reactive ketones (excluding diaryl/α,β-unsaturated/α-hetero) is 1. The fourth-order valence-electron chi connectivity index (χ4n) is 3.03. The highest BCUT2D eigenvalue weighted by Crippen LogP contribution is 2.26. The third-order valence-corrected chi connectivity index (χ3v) is 5.22. The van der Waals surface area contributed by atoms with Gasteiger partial charge in [-0.25, -0.2) is 9.78 Å². The highest BCUT2D eigenvalue weighted by molar-refractivity contribution is 6.53. The number of benzene rings is 2. The summed E-state index contributed by atoms with van der Waals surface area (Å²) in [6, 6.07) is 7.46. The number of non-ortho nitro benzene ring substituents is 1. The molecule has 0 aliphatic carbocycles. The second-order valence-electron chi connectivity index (χ2n) is 6.79. The second kappa shape index (κ2) is 10.3. The van der Waals surface area contributed by atoms with Crippen molar-refractivity contribution in [1.82, 2.24) is 9.97 Å². The van der Waals surface area contributed by atoms with Gasteiger partial charge in [0.25, 0.3) is 17.2 Å². The van der Waals surface area contributed by atoms with Crippen molar-refractivity contribution in [3.05, 3.63) is 72.6 Å². The van der Waals surface area contributed by atoms with Gasteiger partial charge >= 0.3 is 5.97 Å². The first kappa shape index (κ1) is 25.3. The first-order valence-electron chi connectivity index (χ1n) is 9.42. The molecule has 0 spiro atoms. The average Bonchev–Trinajstić information content (AvgIpc) is 2.83. The lowest BCUT2D eigenvalue weighted by atomic mass is 9.93. The van der Waals surface area contributed by atoms with Crippen LogP contribution in [0, 0.1) is 10.1 Å². The summed E-state index contributed by atoms with van der Waals surface area (Å²) in [7, 11) is 0.970. The zero-order valence-corrected chi connectivity index (χ0v) is 19.1. The number of hydrogen-bond donors (Lipinski definition) is 3. The highest BCUT2D eigenvalue weighted by Gasteiger charge is 2.39. The standard InChI is InChI=1S/C20H14Cl2N6O7/c1-35-20(32)16(27-23)14(17(29)19(31)25-12-6-8(21)2-4-10(12)22)15-18(30)26-13-7-9(28(33)34)3-5-11(13)24-15/h2-7,14H,23H2,1H3,(H,25,31)(H,26,30)/b27-16+/t14-/m1/s1. The van der Waals surface area contributed by atoms with Crippen LogP contribution in [0.2, 0.25) is 10.0 Å². The van der Waals surface area contributed by atoms with Gasteiger partial charge in [-0.05, 0) is 24.3 Å². The van der Waals surface area contributed by atoms with E-state index in [4.69, 9.17) is 29.0 Å². The molecule has 1 heterocycles. The fraction of sp³-hybridized carbons (Fsp3) is 0.100. The van der Waals surface area contributed by atoms with Crippen LogP contribution in [-0.2, 0) is 19.1 Å². The number of H-pyrrole nitrogens is 1. The largest absolute Gasteiger partial charge is 0.464 e. The topological polar surface area (TPSA) is 200 Å². The van der Waals surface area contributed by atoms with E-state index in [-0.39, 0.29) is 32.5 Å². The molecule has 0 aliphatic heterocycles. The molecular formula is C20H14Cl2N6O7. The van der Waals surface area contributed by atoms with Crippen molar-refractivity contribution in [2.24, 2.45) is 10.9 Å². The summed E-state index contributed by atoms with van der Waals surface area (Å²) in [5, 5.41) is 16.8. The molecule has 0 saturated carbocycles. The lowest BCUT2D eigenvalue weighted by Gasteiger charge is -2.16. The van der Waals surface area contributed by atoms with Crippen LogP contribution in [0.1, 0.15) is 11.6 Å². The van der Waals surface area contributed by atoms with Gasteiger partial charge in [-0.15, -0.1) is 0 Å². The predicted octanol–water partition coefficient (Wildman–Crippen LogP) is 1.92. The number of carbonyl (C=O) groups excluding carboxylic acids is 3. The van der Waals surface area contributed by atoms with Crippen molar-refractivity contribution in [1.29, 1.82) is 0 Å². The molecule has 0 unspecified atom stereocenters. The third kappa shape index (κ3) is 5.26. The first-order chi connectivity index (χ1) is 16.6. The molecule has 15 heteroatoms. The van der Waals surface area contributed by atoms with Crippen LogP contribution in [0.25, 0.3) is 11.0 Å². The van der Waals surface area contributed by atoms with Crippen LogP contribution < -0.4 is 16.7 Å². The Hall–Kier alpha value is -4.36. The minimum absolute atomic E-state index is 0.0162. The molecule has 0 aliphatic rings. The van der Waals surface area contributed by atoms with Crippen LogP contribution in [0.3, 0.4) is 0 Å². The van der Waals surface area contributed by atoms with E-state index in [1.54, 1.807) is 0 Å². The monoisotopic (exact) mass is 520 g/mol. The van der Waals surface area contributed by atoms with E-state index in [9.17, 15) is 29.3 Å². The number of aromatic amines is 1. The van der Waals surface area contributed by atoms with E-state index in [0.717, 1.165) is 19.2 Å². The van der Waals surface area contributed by atoms with Gasteiger partial charge in [0.05, 0.1) is 33.8 Å². The molecule has 1 atom stereocenters. The lowest BCUT2D eigenvalue weighted by molar-refractivity contribution is -0.384. The predicted molar refractivity (Wildman–Crippen MR) is 125 cm³/mol. The highest BCUT2D eigenvalue weighted by atomic mass is 35.5. The number of halogens is 2. The van der Waals surface area contributed by atoms with E-state index < -0.39 is 45.5 Å². The Kier molecular flexibility index (Phi) is 7.42. The van der Waals surface area contributed by atoms with E-state index >= 15 is 0 Å². The van der Waals surface area contributed by atoms with E-state index in [0.29, 0.717) is 0 Å². The quantitative estimate of drug-likeness (QED) is 0.104. The Bertz CT molecular complexity index is 1470. The van der Waals surface area contributed by atoms with Crippen molar-refractivity contribution >= 4 is 69.0 Å². The first-order valence-corrected chi connectivity index (χ1v) is 10.2. The van der Waals surface area contributed by atoms with Gasteiger partial charge in [0, 0.05) is 17.2 Å². The summed E-state index contributed by atoms with van der Waals surface area (Å²) in [4.78, 5) is 67.8. The number of aromatic nitrogens is 2. The van der Waals surface area contributed by atoms with Crippen LogP contribution in [-0.4, -0.2) is 45.4 Å². The normalized spacial score (nSPS) is 12.1. The van der Waals surface area contributed by atoms with E-state index in [1.807, 2.05) is 0 Å². The number of nitro benzene ring substituents is 1. The number of amides is 1. The fourth-order valence-corrected chi connectivity index (χ4v) is 3.37. The Morgan fingerprint density at radius 3 is 2.57 bits per heavy atom. The number of hydrogen-bond acceptors (Lipinski definition) is 10. The van der Waals surface area contributed by atoms with Gasteiger partial charge in [-0.3, -0.25) is 24.5 Å². The third-order valence-electron chi connectivity index (χ3n) is 4.66. The summed E-state index contributed by atoms with van der Waals surface area (Å²) in [5.74, 6) is -0.558. The number of nitrogens with zero attached hydrogens (tertiary/aromatic N) is 3. The number of anilines is 1. The maximum Gasteiger partial charge on any atom is 0.355 e. The van der Waals surface area contributed by atoms with Crippen molar-refractivity contribution < 1.29 is 24.0 Å². The number of esters is 1. The SMILES string of the molecule is COC(=O)/C(=N/N)[C@H](C(=O)C(=O)Nc1cc(Cl)ccc1Cl)c1nc2ccc([N+](=O)[O-])cc2[nH]c1=O. The van der Waals surface area contributed by atoms with Crippen LogP contribution >= 0.6 is 23.2 Å². The van der Waals surface area contributed by atoms with Crippen molar-refractivity contribution in [3.8, 4) is 0 Å². The van der Waals surface area contributed by atoms with Gasteiger partial charge in [-0.1, -0.05) is 23.2 Å². The number of nitrogens with one attached hydrogen (secondary N) is 2. The molecule has 13 nitrogen and oxygen atoms in total. The molecule has 3 aromatic rings. The van der Waals surface area contributed by atoms with Crippen molar-refractivity contribution in [2.75, 3.05) is 12.4 Å². The maximum absolute atomic E-state index is 13.2. The second-order valence-corrected chi connectivity index (χ2v) is 7.63. The Labute approximate surface area is 205 Å². The molecular weight excluding hydrogens is 507 g/mol. The Balaban J connectivity index is 2.13. The number of methoxy groups -OCH3 is 1. The summed E-state index contributed by atoms with van der Waals surface area (Å²) < 4.78 is 4.57. The Morgan fingerprint density at radius 1 is 1.23 bits per heavy atom. The van der Waals surface area contributed by atoms with Gasteiger partial charge < -0.3 is 20.9 Å². The number of ketones is 1. The molecule has 3 rings (SSSR count). The summed E-state index contributed by atoms with van der Waals surface area (Å²) in [5.41, 5.74) is -2.81. The van der Waals surface area contributed by atoms with Gasteiger partial charge in [0.1, 0.15) is 11.6 Å². The zero-order valence-electron chi connectivity index (χ0n) is 17.6. The number of nitro groups is 1. The number of ether oxygens (including phenoxy) is 1. The zero-order chi connectivity index (χ0) is 25.9. The smallest absolute Gasteiger partial charge is 0.355 e. The summed E-state index contributed by atoms with van der Waals surface area (Å²) in [6.07, 6.45) is 0. The minimum atomic E-state index is -1.99. The summed E-state index contributed by atoms with van der Waals surface area (Å²) >= 11 is 11.9. The molecule has 180 valence electrons. The summed E-state index contributed by atoms with van der Waals surface area (Å²) in [6.45, 7) is 0. The molecule has 4 N–H and O–H groups in total. The van der Waals surface area contributed by atoms with Crippen LogP contribution in [0.4, 0.5) is 11.4 Å². The average molecular weight is 521 g/mol. The number of fused-ring (bicyclic) bond motifs is 1. The van der Waals surface area contributed by atoms with E-state index in [1.165, 1.54) is 24.3 Å². The van der Waals surface area contributed by atoms with Crippen molar-refractivity contribution in [3.63, 3.8) is 0 Å². The molecule has 1 aromatic heterocycles. The van der Waals surface area contributed by atoms with Gasteiger partial charge in [-0.2, -0.15) is 5.10 Å². The Morgan fingerprint density at radius 2 is 1.94 bits per heavy atom. The molecule has 0 radical (unpaired) electrons. The number of carbonyl (C=O) groups is 3. The molecule has 35 heavy (non-hydrogen) atoms. The lowest BCUT2D eigenvalue weighted by Crippen LogP contribution is -2.40. The minimum Gasteiger partial charge on any atom is -0.464 e. The van der Waals surface area contributed by atoms with E-state index in [2.05, 4.69) is 25.1 Å². The van der Waals surface area contributed by atoms with Crippen molar-refractivity contribution in [2.45, 2.75) is 5.92 Å². The number of hydrazone groups is 1.